The first-order valence-corrected chi connectivity index (χ1v) is 6.29. The van der Waals surface area contributed by atoms with E-state index >= 15 is 0 Å². The third-order valence-corrected chi connectivity index (χ3v) is 2.96. The van der Waals surface area contributed by atoms with E-state index in [2.05, 4.69) is 4.98 Å². The minimum Gasteiger partial charge on any atom is -0.495 e. The van der Waals surface area contributed by atoms with Gasteiger partial charge in [-0.2, -0.15) is 0 Å². The van der Waals surface area contributed by atoms with Crippen LogP contribution in [0.1, 0.15) is 12.8 Å². The van der Waals surface area contributed by atoms with Gasteiger partial charge in [-0.05, 0) is 12.8 Å². The van der Waals surface area contributed by atoms with Gasteiger partial charge in [0.25, 0.3) is 10.0 Å². The zero-order chi connectivity index (χ0) is 11.8. The van der Waals surface area contributed by atoms with Crippen molar-refractivity contribution in [3.8, 4) is 11.5 Å². The van der Waals surface area contributed by atoms with Gasteiger partial charge >= 0.3 is 0 Å². The quantitative estimate of drug-likeness (QED) is 0.821. The van der Waals surface area contributed by atoms with Crippen LogP contribution in [-0.2, 0) is 10.0 Å². The van der Waals surface area contributed by atoms with Crippen molar-refractivity contribution in [2.75, 3.05) is 7.11 Å². The van der Waals surface area contributed by atoms with Crippen LogP contribution in [-0.4, -0.2) is 26.6 Å². The third kappa shape index (κ3) is 2.42. The van der Waals surface area contributed by atoms with Crippen LogP contribution in [0.25, 0.3) is 0 Å². The number of ether oxygens (including phenoxy) is 2. The van der Waals surface area contributed by atoms with E-state index in [0.717, 1.165) is 12.8 Å². The molecule has 2 rings (SSSR count). The summed E-state index contributed by atoms with van der Waals surface area (Å²) in [5, 5.41) is 4.78. The number of methoxy groups -OCH3 is 1. The molecule has 0 aromatic carbocycles. The summed E-state index contributed by atoms with van der Waals surface area (Å²) in [7, 11) is -2.40. The average molecular weight is 244 g/mol. The number of nitrogens with zero attached hydrogens (tertiary/aromatic N) is 1. The van der Waals surface area contributed by atoms with Crippen molar-refractivity contribution >= 4 is 10.0 Å². The fourth-order valence-corrected chi connectivity index (χ4v) is 1.78. The predicted molar refractivity (Wildman–Crippen MR) is 55.8 cm³/mol. The van der Waals surface area contributed by atoms with E-state index in [-0.39, 0.29) is 16.9 Å². The number of hydrogen-bond donors (Lipinski definition) is 1. The first-order chi connectivity index (χ1) is 7.50. The Morgan fingerprint density at radius 3 is 2.69 bits per heavy atom. The molecular weight excluding hydrogens is 232 g/mol. The number of rotatable bonds is 4. The molecule has 16 heavy (non-hydrogen) atoms. The monoisotopic (exact) mass is 244 g/mol. The second kappa shape index (κ2) is 3.91. The summed E-state index contributed by atoms with van der Waals surface area (Å²) < 4.78 is 32.9. The zero-order valence-electron chi connectivity index (χ0n) is 8.71. The molecular formula is C9H12N2O4S. The molecule has 1 fully saturated rings. The summed E-state index contributed by atoms with van der Waals surface area (Å²) in [6.07, 6.45) is 3.19. The molecule has 0 unspecified atom stereocenters. The molecule has 1 aliphatic rings. The molecule has 0 atom stereocenters. The highest BCUT2D eigenvalue weighted by Crippen LogP contribution is 2.32. The lowest BCUT2D eigenvalue weighted by atomic mass is 10.4. The molecule has 1 saturated carbocycles. The van der Waals surface area contributed by atoms with Gasteiger partial charge in [0.2, 0.25) is 5.03 Å². The van der Waals surface area contributed by atoms with Gasteiger partial charge in [-0.25, -0.2) is 18.5 Å². The second-order valence-electron chi connectivity index (χ2n) is 3.54. The Kier molecular flexibility index (Phi) is 2.73. The summed E-state index contributed by atoms with van der Waals surface area (Å²) in [6, 6.07) is 1.48. The van der Waals surface area contributed by atoms with Crippen LogP contribution < -0.4 is 14.6 Å². The summed E-state index contributed by atoms with van der Waals surface area (Å²) in [5.41, 5.74) is 0. The fourth-order valence-electron chi connectivity index (χ4n) is 1.19. The zero-order valence-corrected chi connectivity index (χ0v) is 9.53. The highest BCUT2D eigenvalue weighted by atomic mass is 32.2. The number of aromatic nitrogens is 1. The van der Waals surface area contributed by atoms with E-state index in [9.17, 15) is 8.42 Å². The molecule has 0 bridgehead atoms. The number of nitrogens with two attached hydrogens (primary N) is 1. The first-order valence-electron chi connectivity index (χ1n) is 4.74. The summed E-state index contributed by atoms with van der Waals surface area (Å²) in [5.74, 6) is 0.590. The van der Waals surface area contributed by atoms with Gasteiger partial charge in [0.1, 0.15) is 5.75 Å². The van der Waals surface area contributed by atoms with Crippen molar-refractivity contribution in [3.05, 3.63) is 12.3 Å². The topological polar surface area (TPSA) is 91.5 Å². The van der Waals surface area contributed by atoms with Crippen LogP contribution in [0.3, 0.4) is 0 Å². The lowest BCUT2D eigenvalue weighted by Crippen LogP contribution is -2.16. The maximum atomic E-state index is 11.2. The van der Waals surface area contributed by atoms with E-state index in [4.69, 9.17) is 14.6 Å². The minimum absolute atomic E-state index is 0.0643. The van der Waals surface area contributed by atoms with Crippen LogP contribution >= 0.6 is 0 Å². The van der Waals surface area contributed by atoms with Crippen molar-refractivity contribution in [3.63, 3.8) is 0 Å². The maximum absolute atomic E-state index is 11.2. The van der Waals surface area contributed by atoms with Gasteiger partial charge in [-0.3, -0.25) is 0 Å². The molecule has 1 aliphatic carbocycles. The number of pyridine rings is 1. The molecule has 0 saturated heterocycles. The molecule has 1 heterocycles. The van der Waals surface area contributed by atoms with E-state index in [1.807, 2.05) is 0 Å². The van der Waals surface area contributed by atoms with E-state index < -0.39 is 10.0 Å². The summed E-state index contributed by atoms with van der Waals surface area (Å²) in [6.45, 7) is 0. The standard InChI is InChI=1S/C9H12N2O4S/c1-14-7-4-8(15-6-2-3-6)9(11-5-7)16(10,12)13/h4-6H,2-3H2,1H3,(H2,10,12,13). The normalized spacial score (nSPS) is 15.9. The highest BCUT2D eigenvalue weighted by Gasteiger charge is 2.27. The Morgan fingerprint density at radius 2 is 2.19 bits per heavy atom. The van der Waals surface area contributed by atoms with Gasteiger partial charge in [-0.15, -0.1) is 0 Å². The molecule has 1 aromatic rings. The van der Waals surface area contributed by atoms with E-state index in [1.54, 1.807) is 0 Å². The smallest absolute Gasteiger partial charge is 0.259 e. The molecule has 6 nitrogen and oxygen atoms in total. The van der Waals surface area contributed by atoms with Gasteiger partial charge in [0.15, 0.2) is 5.75 Å². The third-order valence-electron chi connectivity index (χ3n) is 2.12. The maximum Gasteiger partial charge on any atom is 0.259 e. The van der Waals surface area contributed by atoms with E-state index in [0.29, 0.717) is 5.75 Å². The van der Waals surface area contributed by atoms with Gasteiger partial charge in [0.05, 0.1) is 19.4 Å². The van der Waals surface area contributed by atoms with Gasteiger partial charge in [0, 0.05) is 6.07 Å². The first kappa shape index (κ1) is 11.2. The Labute approximate surface area is 93.4 Å². The molecule has 88 valence electrons. The van der Waals surface area contributed by atoms with Crippen LogP contribution in [0.2, 0.25) is 0 Å². The largest absolute Gasteiger partial charge is 0.495 e. The fraction of sp³-hybridized carbons (Fsp3) is 0.444. The Balaban J connectivity index is 2.41. The highest BCUT2D eigenvalue weighted by molar-refractivity contribution is 7.89. The lowest BCUT2D eigenvalue weighted by molar-refractivity contribution is 0.289. The van der Waals surface area contributed by atoms with E-state index in [1.165, 1.54) is 19.4 Å². The molecule has 1 aromatic heterocycles. The van der Waals surface area contributed by atoms with Crippen molar-refractivity contribution in [1.29, 1.82) is 0 Å². The predicted octanol–water partition coefficient (Wildman–Crippen LogP) is 0.279. The number of sulfonamides is 1. The molecule has 0 amide bonds. The average Bonchev–Trinajstić information content (AvgIpc) is 3.00. The van der Waals surface area contributed by atoms with Crippen LogP contribution in [0, 0.1) is 0 Å². The lowest BCUT2D eigenvalue weighted by Gasteiger charge is -2.09. The molecule has 2 N–H and O–H groups in total. The Bertz CT molecular complexity index is 496. The molecule has 0 aliphatic heterocycles. The Morgan fingerprint density at radius 1 is 1.50 bits per heavy atom. The van der Waals surface area contributed by atoms with Crippen LogP contribution in [0.15, 0.2) is 17.3 Å². The number of hydrogen-bond acceptors (Lipinski definition) is 5. The second-order valence-corrected chi connectivity index (χ2v) is 5.02. The van der Waals surface area contributed by atoms with Crippen molar-refractivity contribution < 1.29 is 17.9 Å². The van der Waals surface area contributed by atoms with Crippen molar-refractivity contribution in [1.82, 2.24) is 4.98 Å². The SMILES string of the molecule is COc1cnc(S(N)(=O)=O)c(OC2CC2)c1. The van der Waals surface area contributed by atoms with Gasteiger partial charge < -0.3 is 9.47 Å². The minimum atomic E-state index is -3.87. The molecule has 0 spiro atoms. The van der Waals surface area contributed by atoms with Crippen molar-refractivity contribution in [2.45, 2.75) is 24.0 Å². The molecule has 7 heteroatoms. The van der Waals surface area contributed by atoms with Crippen LogP contribution in [0.4, 0.5) is 0 Å². The Hall–Kier alpha value is -1.34. The summed E-state index contributed by atoms with van der Waals surface area (Å²) in [4.78, 5) is 3.74. The number of primary sulfonamides is 1. The summed E-state index contributed by atoms with van der Waals surface area (Å²) >= 11 is 0. The van der Waals surface area contributed by atoms with Crippen LogP contribution in [0.5, 0.6) is 11.5 Å². The molecule has 0 radical (unpaired) electrons. The van der Waals surface area contributed by atoms with Gasteiger partial charge in [-0.1, -0.05) is 0 Å². The van der Waals surface area contributed by atoms with Crippen molar-refractivity contribution in [2.24, 2.45) is 5.14 Å².